The number of anilines is 1. The molecule has 3 heterocycles. The molecule has 0 radical (unpaired) electrons. The number of amides is 1. The van der Waals surface area contributed by atoms with Crippen LogP contribution in [0, 0.1) is 13.8 Å². The highest BCUT2D eigenvalue weighted by Gasteiger charge is 2.18. The third kappa shape index (κ3) is 3.16. The summed E-state index contributed by atoms with van der Waals surface area (Å²) in [6.07, 6.45) is 3.46. The van der Waals surface area contributed by atoms with Crippen molar-refractivity contribution in [1.29, 1.82) is 0 Å². The van der Waals surface area contributed by atoms with Crippen molar-refractivity contribution < 1.29 is 4.79 Å². The van der Waals surface area contributed by atoms with E-state index in [0.717, 1.165) is 20.8 Å². The number of hydrogen-bond acceptors (Lipinski definition) is 6. The SMILES string of the molecule is Cc1ccc2nc(NC(=O)c3sc(-c4cccnc4)nc3C)sc2c1. The molecule has 25 heavy (non-hydrogen) atoms. The van der Waals surface area contributed by atoms with Gasteiger partial charge in [0.15, 0.2) is 5.13 Å². The predicted molar refractivity (Wildman–Crippen MR) is 102 cm³/mol. The lowest BCUT2D eigenvalue weighted by Crippen LogP contribution is -2.11. The largest absolute Gasteiger partial charge is 0.297 e. The molecule has 5 nitrogen and oxygen atoms in total. The molecule has 4 aromatic rings. The first-order valence-corrected chi connectivity index (χ1v) is 9.30. The van der Waals surface area contributed by atoms with Gasteiger partial charge in [0, 0.05) is 18.0 Å². The van der Waals surface area contributed by atoms with Gasteiger partial charge in [0.1, 0.15) is 9.88 Å². The smallest absolute Gasteiger partial charge is 0.269 e. The molecule has 3 aromatic heterocycles. The zero-order chi connectivity index (χ0) is 17.4. The fourth-order valence-electron chi connectivity index (χ4n) is 2.46. The molecular formula is C18H14N4OS2. The summed E-state index contributed by atoms with van der Waals surface area (Å²) in [6.45, 7) is 3.88. The Hall–Kier alpha value is -2.64. The van der Waals surface area contributed by atoms with Gasteiger partial charge in [-0.1, -0.05) is 17.4 Å². The molecule has 0 unspecified atom stereocenters. The number of nitrogens with one attached hydrogen (secondary N) is 1. The maximum Gasteiger partial charge on any atom is 0.269 e. The molecule has 0 saturated carbocycles. The van der Waals surface area contributed by atoms with Crippen LogP contribution in [0.3, 0.4) is 0 Å². The van der Waals surface area contributed by atoms with Gasteiger partial charge < -0.3 is 0 Å². The third-order valence-corrected chi connectivity index (χ3v) is 5.81. The number of hydrogen-bond donors (Lipinski definition) is 1. The molecule has 4 rings (SSSR count). The summed E-state index contributed by atoms with van der Waals surface area (Å²) in [4.78, 5) is 26.3. The van der Waals surface area contributed by atoms with E-state index in [4.69, 9.17) is 0 Å². The molecule has 1 N–H and O–H groups in total. The Bertz CT molecular complexity index is 1070. The van der Waals surface area contributed by atoms with Gasteiger partial charge in [-0.25, -0.2) is 9.97 Å². The number of rotatable bonds is 3. The van der Waals surface area contributed by atoms with Crippen molar-refractivity contribution in [1.82, 2.24) is 15.0 Å². The van der Waals surface area contributed by atoms with Crippen molar-refractivity contribution in [3.63, 3.8) is 0 Å². The Kier molecular flexibility index (Phi) is 4.03. The summed E-state index contributed by atoms with van der Waals surface area (Å²) >= 11 is 2.84. The van der Waals surface area contributed by atoms with Crippen LogP contribution in [0.4, 0.5) is 5.13 Å². The Balaban J connectivity index is 1.61. The molecule has 0 aliphatic carbocycles. The number of carbonyl (C=O) groups excluding carboxylic acids is 1. The van der Waals surface area contributed by atoms with Crippen molar-refractivity contribution in [3.8, 4) is 10.6 Å². The Morgan fingerprint density at radius 3 is 2.80 bits per heavy atom. The number of carbonyl (C=O) groups is 1. The van der Waals surface area contributed by atoms with Crippen molar-refractivity contribution in [2.75, 3.05) is 5.32 Å². The summed E-state index contributed by atoms with van der Waals surface area (Å²) in [5.41, 5.74) is 3.68. The molecule has 0 saturated heterocycles. The van der Waals surface area contributed by atoms with E-state index < -0.39 is 0 Å². The number of aromatic nitrogens is 3. The van der Waals surface area contributed by atoms with Crippen LogP contribution >= 0.6 is 22.7 Å². The van der Waals surface area contributed by atoms with Gasteiger partial charge in [-0.2, -0.15) is 0 Å². The molecule has 0 aliphatic heterocycles. The summed E-state index contributed by atoms with van der Waals surface area (Å²) < 4.78 is 1.06. The Morgan fingerprint density at radius 1 is 1.12 bits per heavy atom. The average Bonchev–Trinajstić information content (AvgIpc) is 3.18. The molecule has 0 aliphatic rings. The number of benzene rings is 1. The number of nitrogens with zero attached hydrogens (tertiary/aromatic N) is 3. The maximum absolute atomic E-state index is 12.6. The van der Waals surface area contributed by atoms with E-state index in [1.807, 2.05) is 38.1 Å². The predicted octanol–water partition coefficient (Wildman–Crippen LogP) is 4.68. The molecule has 0 fully saturated rings. The van der Waals surface area contributed by atoms with E-state index in [2.05, 4.69) is 26.3 Å². The highest BCUT2D eigenvalue weighted by Crippen LogP contribution is 2.30. The molecular weight excluding hydrogens is 352 g/mol. The third-order valence-electron chi connectivity index (χ3n) is 3.68. The standard InChI is InChI=1S/C18H14N4OS2/c1-10-5-6-13-14(8-10)24-18(21-13)22-16(23)15-11(2)20-17(25-15)12-4-3-7-19-9-12/h3-9H,1-2H3,(H,21,22,23). The van der Waals surface area contributed by atoms with E-state index in [1.165, 1.54) is 28.2 Å². The van der Waals surface area contributed by atoms with Gasteiger partial charge in [0.2, 0.25) is 0 Å². The molecule has 0 atom stereocenters. The van der Waals surface area contributed by atoms with Gasteiger partial charge in [0.05, 0.1) is 15.9 Å². The first-order chi connectivity index (χ1) is 12.1. The molecule has 1 amide bonds. The lowest BCUT2D eigenvalue weighted by Gasteiger charge is -1.98. The number of aryl methyl sites for hydroxylation is 2. The van der Waals surface area contributed by atoms with Gasteiger partial charge in [-0.05, 0) is 43.7 Å². The second-order valence-corrected chi connectivity index (χ2v) is 7.65. The van der Waals surface area contributed by atoms with Crippen LogP contribution in [0.2, 0.25) is 0 Å². The van der Waals surface area contributed by atoms with Crippen LogP contribution in [-0.2, 0) is 0 Å². The number of thiazole rings is 2. The Labute approximate surface area is 152 Å². The van der Waals surface area contributed by atoms with Crippen LogP contribution in [0.1, 0.15) is 20.9 Å². The van der Waals surface area contributed by atoms with Crippen molar-refractivity contribution in [2.24, 2.45) is 0 Å². The quantitative estimate of drug-likeness (QED) is 0.571. The first kappa shape index (κ1) is 15.9. The van der Waals surface area contributed by atoms with Crippen LogP contribution < -0.4 is 5.32 Å². The van der Waals surface area contributed by atoms with Gasteiger partial charge in [-0.3, -0.25) is 15.1 Å². The minimum Gasteiger partial charge on any atom is -0.297 e. The molecule has 124 valence electrons. The zero-order valence-corrected chi connectivity index (χ0v) is 15.2. The van der Waals surface area contributed by atoms with Gasteiger partial charge >= 0.3 is 0 Å². The lowest BCUT2D eigenvalue weighted by molar-refractivity contribution is 0.103. The molecule has 7 heteroatoms. The molecule has 0 spiro atoms. The Morgan fingerprint density at radius 2 is 2.00 bits per heavy atom. The van der Waals surface area contributed by atoms with Crippen molar-refractivity contribution >= 4 is 43.9 Å². The summed E-state index contributed by atoms with van der Waals surface area (Å²) in [5, 5.41) is 4.28. The van der Waals surface area contributed by atoms with Crippen molar-refractivity contribution in [2.45, 2.75) is 13.8 Å². The van der Waals surface area contributed by atoms with E-state index >= 15 is 0 Å². The molecule has 1 aromatic carbocycles. The van der Waals surface area contributed by atoms with E-state index in [9.17, 15) is 4.79 Å². The summed E-state index contributed by atoms with van der Waals surface area (Å²) in [5.74, 6) is -0.180. The highest BCUT2D eigenvalue weighted by molar-refractivity contribution is 7.22. The van der Waals surface area contributed by atoms with Crippen LogP contribution in [0.15, 0.2) is 42.7 Å². The second-order valence-electron chi connectivity index (χ2n) is 5.62. The zero-order valence-electron chi connectivity index (χ0n) is 13.6. The van der Waals surface area contributed by atoms with Gasteiger partial charge in [0.25, 0.3) is 5.91 Å². The number of pyridine rings is 1. The average molecular weight is 366 g/mol. The monoisotopic (exact) mass is 366 g/mol. The highest BCUT2D eigenvalue weighted by atomic mass is 32.1. The van der Waals surface area contributed by atoms with Crippen LogP contribution in [-0.4, -0.2) is 20.9 Å². The van der Waals surface area contributed by atoms with Crippen LogP contribution in [0.25, 0.3) is 20.8 Å². The normalized spacial score (nSPS) is 11.0. The van der Waals surface area contributed by atoms with Crippen LogP contribution in [0.5, 0.6) is 0 Å². The number of fused-ring (bicyclic) bond motifs is 1. The topological polar surface area (TPSA) is 67.8 Å². The fraction of sp³-hybridized carbons (Fsp3) is 0.111. The van der Waals surface area contributed by atoms with E-state index in [0.29, 0.717) is 15.7 Å². The van der Waals surface area contributed by atoms with E-state index in [-0.39, 0.29) is 5.91 Å². The maximum atomic E-state index is 12.6. The lowest BCUT2D eigenvalue weighted by atomic mass is 10.2. The summed E-state index contributed by atoms with van der Waals surface area (Å²) in [6, 6.07) is 9.84. The van der Waals surface area contributed by atoms with Gasteiger partial charge in [-0.15, -0.1) is 11.3 Å². The summed E-state index contributed by atoms with van der Waals surface area (Å²) in [7, 11) is 0. The van der Waals surface area contributed by atoms with Crippen molar-refractivity contribution in [3.05, 3.63) is 58.9 Å². The second kappa shape index (κ2) is 6.34. The van der Waals surface area contributed by atoms with E-state index in [1.54, 1.807) is 12.4 Å². The minimum atomic E-state index is -0.180. The fourth-order valence-corrected chi connectivity index (χ4v) is 4.37. The first-order valence-electron chi connectivity index (χ1n) is 7.66. The molecule has 0 bridgehead atoms. The minimum absolute atomic E-state index is 0.180.